The predicted molar refractivity (Wildman–Crippen MR) is 114 cm³/mol. The van der Waals surface area contributed by atoms with Gasteiger partial charge in [-0.3, -0.25) is 9.48 Å². The van der Waals surface area contributed by atoms with Crippen LogP contribution in [0, 0.1) is 5.92 Å². The van der Waals surface area contributed by atoms with Crippen molar-refractivity contribution in [3.05, 3.63) is 69.3 Å². The molecule has 0 radical (unpaired) electrons. The zero-order chi connectivity index (χ0) is 20.7. The lowest BCUT2D eigenvalue weighted by Gasteiger charge is -2.24. The van der Waals surface area contributed by atoms with Gasteiger partial charge in [0.25, 0.3) is 5.91 Å². The van der Waals surface area contributed by atoms with Crippen molar-refractivity contribution in [2.75, 3.05) is 0 Å². The number of amides is 1. The Kier molecular flexibility index (Phi) is 5.11. The Hall–Kier alpha value is -2.60. The van der Waals surface area contributed by atoms with Crippen LogP contribution in [-0.2, 0) is 25.8 Å². The quantitative estimate of drug-likeness (QED) is 0.669. The molecule has 0 bridgehead atoms. The molecule has 2 aliphatic rings. The van der Waals surface area contributed by atoms with E-state index in [1.807, 2.05) is 35.1 Å². The largest absolute Gasteiger partial charge is 0.360 e. The number of fused-ring (bicyclic) bond motifs is 2. The molecule has 6 nitrogen and oxygen atoms in total. The van der Waals surface area contributed by atoms with Crippen LogP contribution in [0.1, 0.15) is 70.9 Å². The van der Waals surface area contributed by atoms with E-state index in [9.17, 15) is 4.79 Å². The van der Waals surface area contributed by atoms with Crippen molar-refractivity contribution in [3.8, 4) is 0 Å². The Morgan fingerprint density at radius 3 is 2.93 bits per heavy atom. The van der Waals surface area contributed by atoms with E-state index in [2.05, 4.69) is 22.5 Å². The van der Waals surface area contributed by atoms with E-state index in [0.717, 1.165) is 66.0 Å². The van der Waals surface area contributed by atoms with Crippen LogP contribution in [0.5, 0.6) is 0 Å². The molecule has 0 fully saturated rings. The van der Waals surface area contributed by atoms with Gasteiger partial charge in [-0.15, -0.1) is 0 Å². The second-order valence-electron chi connectivity index (χ2n) is 8.53. The molecule has 30 heavy (non-hydrogen) atoms. The lowest BCUT2D eigenvalue weighted by molar-refractivity contribution is 0.0922. The van der Waals surface area contributed by atoms with Crippen LogP contribution in [0.4, 0.5) is 0 Å². The number of nitrogens with zero attached hydrogens (tertiary/aromatic N) is 3. The first-order chi connectivity index (χ1) is 14.6. The summed E-state index contributed by atoms with van der Waals surface area (Å²) in [4.78, 5) is 13.0. The fourth-order valence-electron chi connectivity index (χ4n) is 4.65. The van der Waals surface area contributed by atoms with E-state index in [4.69, 9.17) is 16.1 Å². The number of benzene rings is 1. The number of halogens is 1. The molecular weight excluding hydrogens is 400 g/mol. The van der Waals surface area contributed by atoms with Gasteiger partial charge >= 0.3 is 0 Å². The number of hydrogen-bond acceptors (Lipinski definition) is 4. The monoisotopic (exact) mass is 424 g/mol. The Labute approximate surface area is 180 Å². The highest BCUT2D eigenvalue weighted by molar-refractivity contribution is 6.30. The molecule has 2 aliphatic carbocycles. The molecule has 1 amide bonds. The van der Waals surface area contributed by atoms with E-state index in [1.165, 1.54) is 5.69 Å². The van der Waals surface area contributed by atoms with Crippen LogP contribution in [0.15, 0.2) is 35.0 Å². The van der Waals surface area contributed by atoms with Crippen LogP contribution < -0.4 is 5.32 Å². The van der Waals surface area contributed by atoms with Gasteiger partial charge in [0.05, 0.1) is 18.8 Å². The highest BCUT2D eigenvalue weighted by Crippen LogP contribution is 2.32. The van der Waals surface area contributed by atoms with Crippen molar-refractivity contribution in [3.63, 3.8) is 0 Å². The Morgan fingerprint density at radius 2 is 2.10 bits per heavy atom. The molecule has 0 spiro atoms. The van der Waals surface area contributed by atoms with Crippen molar-refractivity contribution in [1.82, 2.24) is 20.3 Å². The van der Waals surface area contributed by atoms with Crippen molar-refractivity contribution < 1.29 is 9.32 Å². The number of carbonyl (C=O) groups is 1. The van der Waals surface area contributed by atoms with Crippen LogP contribution in [-0.4, -0.2) is 20.8 Å². The topological polar surface area (TPSA) is 73.0 Å². The van der Waals surface area contributed by atoms with Crippen molar-refractivity contribution in [2.24, 2.45) is 5.92 Å². The lowest BCUT2D eigenvalue weighted by atomic mass is 9.88. The zero-order valence-corrected chi connectivity index (χ0v) is 17.8. The Balaban J connectivity index is 1.34. The minimum absolute atomic E-state index is 0.0476. The van der Waals surface area contributed by atoms with Crippen LogP contribution in [0.2, 0.25) is 5.02 Å². The summed E-state index contributed by atoms with van der Waals surface area (Å²) in [6.07, 6.45) is 7.59. The normalized spacial score (nSPS) is 20.5. The van der Waals surface area contributed by atoms with Crippen molar-refractivity contribution in [1.29, 1.82) is 0 Å². The predicted octanol–water partition coefficient (Wildman–Crippen LogP) is 4.51. The summed E-state index contributed by atoms with van der Waals surface area (Å²) < 4.78 is 7.50. The lowest BCUT2D eigenvalue weighted by Crippen LogP contribution is -2.32. The number of rotatable bonds is 4. The molecule has 0 saturated heterocycles. The number of aryl methyl sites for hydroxylation is 1. The molecule has 2 atom stereocenters. The Bertz CT molecular complexity index is 1070. The fraction of sp³-hybridized carbons (Fsp3) is 0.435. The molecule has 2 aromatic heterocycles. The molecule has 7 heteroatoms. The third-order valence-electron chi connectivity index (χ3n) is 6.32. The molecule has 5 rings (SSSR count). The average molecular weight is 425 g/mol. The summed E-state index contributed by atoms with van der Waals surface area (Å²) in [5.74, 6) is 1.28. The maximum absolute atomic E-state index is 13.0. The molecule has 0 unspecified atom stereocenters. The Morgan fingerprint density at radius 1 is 1.27 bits per heavy atom. The van der Waals surface area contributed by atoms with Gasteiger partial charge in [-0.05, 0) is 55.7 Å². The fourth-order valence-corrected chi connectivity index (χ4v) is 4.78. The van der Waals surface area contributed by atoms with Crippen LogP contribution >= 0.6 is 11.6 Å². The van der Waals surface area contributed by atoms with Crippen molar-refractivity contribution >= 4 is 17.5 Å². The summed E-state index contributed by atoms with van der Waals surface area (Å²) in [6, 6.07) is 7.79. The van der Waals surface area contributed by atoms with Gasteiger partial charge in [0.15, 0.2) is 5.69 Å². The summed E-state index contributed by atoms with van der Waals surface area (Å²) in [5, 5.41) is 12.6. The minimum Gasteiger partial charge on any atom is -0.360 e. The molecule has 2 heterocycles. The highest BCUT2D eigenvalue weighted by Gasteiger charge is 2.30. The summed E-state index contributed by atoms with van der Waals surface area (Å²) in [6.45, 7) is 2.90. The first kappa shape index (κ1) is 19.4. The first-order valence-corrected chi connectivity index (χ1v) is 11.0. The molecule has 1 N–H and O–H groups in total. The van der Waals surface area contributed by atoms with Crippen LogP contribution in [0.25, 0.3) is 0 Å². The van der Waals surface area contributed by atoms with E-state index in [1.54, 1.807) is 0 Å². The molecule has 0 aliphatic heterocycles. The minimum atomic E-state index is -0.141. The summed E-state index contributed by atoms with van der Waals surface area (Å²) in [7, 11) is 0. The number of nitrogens with one attached hydrogen (secondary N) is 1. The maximum atomic E-state index is 13.0. The van der Waals surface area contributed by atoms with Gasteiger partial charge in [0.1, 0.15) is 5.76 Å². The van der Waals surface area contributed by atoms with Crippen molar-refractivity contribution in [2.45, 2.75) is 58.0 Å². The van der Waals surface area contributed by atoms with Gasteiger partial charge in [-0.25, -0.2) is 0 Å². The standard InChI is InChI=1S/C23H25ClN4O2/c1-14-5-10-21-17(11-14)22(27-30-21)23(29)26-19-3-2-4-20-18(19)12-25-28(20)13-15-6-8-16(24)9-7-15/h6-9,12,14,19H,2-5,10-11,13H2,1H3,(H,26,29)/t14-,19+/m1/s1. The first-order valence-electron chi connectivity index (χ1n) is 10.7. The average Bonchev–Trinajstić information content (AvgIpc) is 3.34. The van der Waals surface area contributed by atoms with Gasteiger partial charge in [0.2, 0.25) is 0 Å². The van der Waals surface area contributed by atoms with Gasteiger partial charge in [0, 0.05) is 28.3 Å². The zero-order valence-electron chi connectivity index (χ0n) is 17.0. The van der Waals surface area contributed by atoms with Gasteiger partial charge in [-0.2, -0.15) is 5.10 Å². The number of aromatic nitrogens is 3. The van der Waals surface area contributed by atoms with E-state index in [-0.39, 0.29) is 11.9 Å². The molecule has 156 valence electrons. The maximum Gasteiger partial charge on any atom is 0.274 e. The summed E-state index contributed by atoms with van der Waals surface area (Å²) >= 11 is 6.00. The smallest absolute Gasteiger partial charge is 0.274 e. The van der Waals surface area contributed by atoms with E-state index in [0.29, 0.717) is 18.2 Å². The molecule has 3 aromatic rings. The third kappa shape index (κ3) is 3.65. The summed E-state index contributed by atoms with van der Waals surface area (Å²) in [5.41, 5.74) is 4.89. The SMILES string of the molecule is C[C@@H]1CCc2onc(C(=O)N[C@H]3CCCc4c3cnn4Cc3ccc(Cl)cc3)c2C1. The van der Waals surface area contributed by atoms with Gasteiger partial charge < -0.3 is 9.84 Å². The van der Waals surface area contributed by atoms with Crippen LogP contribution in [0.3, 0.4) is 0 Å². The number of hydrogen-bond donors (Lipinski definition) is 1. The molecule has 0 saturated carbocycles. The number of carbonyl (C=O) groups excluding carboxylic acids is 1. The third-order valence-corrected chi connectivity index (χ3v) is 6.57. The molecule has 1 aromatic carbocycles. The second kappa shape index (κ2) is 7.91. The van der Waals surface area contributed by atoms with Gasteiger partial charge in [-0.1, -0.05) is 35.8 Å². The molecular formula is C23H25ClN4O2. The highest BCUT2D eigenvalue weighted by atomic mass is 35.5. The second-order valence-corrected chi connectivity index (χ2v) is 8.97. The van der Waals surface area contributed by atoms with E-state index >= 15 is 0 Å². The van der Waals surface area contributed by atoms with E-state index < -0.39 is 0 Å².